The molecule has 0 N–H and O–H groups in total. The molecular formula is C25H25ClN6O3. The van der Waals surface area contributed by atoms with Gasteiger partial charge in [0, 0.05) is 31.2 Å². The van der Waals surface area contributed by atoms with Crippen molar-refractivity contribution in [3.05, 3.63) is 94.7 Å². The minimum absolute atomic E-state index is 0.0953. The van der Waals surface area contributed by atoms with Gasteiger partial charge in [-0.15, -0.1) is 5.10 Å². The Labute approximate surface area is 207 Å². The van der Waals surface area contributed by atoms with Gasteiger partial charge >= 0.3 is 0 Å². The van der Waals surface area contributed by atoms with Gasteiger partial charge in [0.05, 0.1) is 26.0 Å². The number of ether oxygens (including phenoxy) is 1. The van der Waals surface area contributed by atoms with Crippen LogP contribution >= 0.6 is 11.6 Å². The van der Waals surface area contributed by atoms with Gasteiger partial charge in [-0.1, -0.05) is 35.9 Å². The second kappa shape index (κ2) is 10.3. The van der Waals surface area contributed by atoms with Crippen molar-refractivity contribution in [3.63, 3.8) is 0 Å². The van der Waals surface area contributed by atoms with Crippen LogP contribution in [0.1, 0.15) is 33.5 Å². The predicted molar refractivity (Wildman–Crippen MR) is 129 cm³/mol. The molecule has 1 fully saturated rings. The molecule has 5 rings (SSSR count). The topological polar surface area (TPSA) is 89.5 Å². The number of nitrogens with zero attached hydrogens (tertiary/aromatic N) is 6. The minimum atomic E-state index is -0.193. The van der Waals surface area contributed by atoms with Gasteiger partial charge in [0.25, 0.3) is 5.91 Å². The molecule has 35 heavy (non-hydrogen) atoms. The number of amides is 1. The summed E-state index contributed by atoms with van der Waals surface area (Å²) in [6.45, 7) is 2.99. The monoisotopic (exact) mass is 492 g/mol. The molecule has 3 heterocycles. The number of carbonyl (C=O) groups excluding carboxylic acids is 1. The summed E-state index contributed by atoms with van der Waals surface area (Å²) in [4.78, 5) is 16.8. The summed E-state index contributed by atoms with van der Waals surface area (Å²) in [5.74, 6) is 1.79. The molecule has 9 nitrogen and oxygen atoms in total. The van der Waals surface area contributed by atoms with E-state index in [1.807, 2.05) is 58.1 Å². The molecule has 4 aromatic rings. The molecule has 0 saturated carbocycles. The first-order chi connectivity index (χ1) is 17.1. The number of furan rings is 1. The van der Waals surface area contributed by atoms with Crippen LogP contribution in [0.25, 0.3) is 0 Å². The normalized spacial score (nSPS) is 15.2. The van der Waals surface area contributed by atoms with E-state index < -0.39 is 0 Å². The first kappa shape index (κ1) is 23.1. The van der Waals surface area contributed by atoms with Crippen LogP contribution in [0.15, 0.2) is 71.3 Å². The Morgan fingerprint density at radius 3 is 2.46 bits per heavy atom. The van der Waals surface area contributed by atoms with Crippen LogP contribution in [0.4, 0.5) is 0 Å². The molecule has 2 aromatic heterocycles. The molecular weight excluding hydrogens is 468 g/mol. The second-order valence-electron chi connectivity index (χ2n) is 8.30. The number of piperazine rings is 1. The number of hydrogen-bond donors (Lipinski definition) is 0. The molecule has 1 aliphatic rings. The number of halogens is 1. The Morgan fingerprint density at radius 2 is 1.80 bits per heavy atom. The number of methoxy groups -OCH3 is 1. The highest BCUT2D eigenvalue weighted by atomic mass is 35.5. The molecule has 1 unspecified atom stereocenters. The van der Waals surface area contributed by atoms with E-state index in [1.54, 1.807) is 19.2 Å². The van der Waals surface area contributed by atoms with Crippen LogP contribution in [0, 0.1) is 0 Å². The van der Waals surface area contributed by atoms with E-state index in [-0.39, 0.29) is 11.9 Å². The number of hydrogen-bond acceptors (Lipinski definition) is 7. The molecule has 1 amide bonds. The Kier molecular flexibility index (Phi) is 6.78. The van der Waals surface area contributed by atoms with Crippen LogP contribution < -0.4 is 4.74 Å². The summed E-state index contributed by atoms with van der Waals surface area (Å²) in [5.41, 5.74) is 2.09. The van der Waals surface area contributed by atoms with Crippen LogP contribution in [-0.4, -0.2) is 69.2 Å². The lowest BCUT2D eigenvalue weighted by atomic mass is 10.0. The summed E-state index contributed by atoms with van der Waals surface area (Å²) < 4.78 is 12.4. The highest BCUT2D eigenvalue weighted by molar-refractivity contribution is 6.30. The first-order valence-corrected chi connectivity index (χ1v) is 11.7. The van der Waals surface area contributed by atoms with Crippen molar-refractivity contribution in [2.24, 2.45) is 0 Å². The maximum absolute atomic E-state index is 12.7. The Hall–Kier alpha value is -3.69. The zero-order valence-corrected chi connectivity index (χ0v) is 20.0. The molecule has 1 atom stereocenters. The van der Waals surface area contributed by atoms with Crippen LogP contribution in [0.3, 0.4) is 0 Å². The van der Waals surface area contributed by atoms with Crippen molar-refractivity contribution in [2.75, 3.05) is 33.3 Å². The third-order valence-electron chi connectivity index (χ3n) is 6.18. The predicted octanol–water partition coefficient (Wildman–Crippen LogP) is 3.52. The molecule has 1 aliphatic heterocycles. The number of carbonyl (C=O) groups is 1. The average molecular weight is 493 g/mol. The Morgan fingerprint density at radius 1 is 1.06 bits per heavy atom. The number of aromatic nitrogens is 4. The average Bonchev–Trinajstić information content (AvgIpc) is 3.59. The van der Waals surface area contributed by atoms with Crippen molar-refractivity contribution in [2.45, 2.75) is 12.6 Å². The van der Waals surface area contributed by atoms with Crippen LogP contribution in [-0.2, 0) is 6.54 Å². The molecule has 1 saturated heterocycles. The van der Waals surface area contributed by atoms with E-state index in [0.717, 1.165) is 22.7 Å². The van der Waals surface area contributed by atoms with Gasteiger partial charge in [0.2, 0.25) is 0 Å². The standard InChI is InChI=1S/C25H25ClN6O3/c1-34-21-10-4-18(5-11-21)17-32-24(27-28-29-32)23(19-6-8-20(26)9-7-19)30-12-14-31(15-13-30)25(33)22-3-2-16-35-22/h2-11,16,23H,12-15,17H2,1H3. The first-order valence-electron chi connectivity index (χ1n) is 11.3. The molecule has 180 valence electrons. The van der Waals surface area contributed by atoms with Crippen molar-refractivity contribution in [3.8, 4) is 5.75 Å². The maximum atomic E-state index is 12.7. The van der Waals surface area contributed by atoms with Crippen molar-refractivity contribution < 1.29 is 13.9 Å². The summed E-state index contributed by atoms with van der Waals surface area (Å²) in [5, 5.41) is 13.4. The fourth-order valence-corrected chi connectivity index (χ4v) is 4.46. The van der Waals surface area contributed by atoms with Gasteiger partial charge in [-0.2, -0.15) is 0 Å². The fourth-order valence-electron chi connectivity index (χ4n) is 4.33. The molecule has 0 spiro atoms. The van der Waals surface area contributed by atoms with E-state index in [9.17, 15) is 4.79 Å². The Balaban J connectivity index is 1.39. The van der Waals surface area contributed by atoms with Crippen LogP contribution in [0.5, 0.6) is 5.75 Å². The zero-order valence-electron chi connectivity index (χ0n) is 19.2. The third-order valence-corrected chi connectivity index (χ3v) is 6.43. The third kappa shape index (κ3) is 5.06. The Bertz CT molecular complexity index is 1250. The van der Waals surface area contributed by atoms with Gasteiger partial charge in [-0.05, 0) is 58.0 Å². The van der Waals surface area contributed by atoms with E-state index in [1.165, 1.54) is 6.26 Å². The lowest BCUT2D eigenvalue weighted by molar-refractivity contribution is 0.0559. The van der Waals surface area contributed by atoms with Gasteiger partial charge < -0.3 is 14.1 Å². The summed E-state index contributed by atoms with van der Waals surface area (Å²) in [6, 6.07) is 18.8. The summed E-state index contributed by atoms with van der Waals surface area (Å²) in [7, 11) is 1.65. The second-order valence-corrected chi connectivity index (χ2v) is 8.74. The number of tetrazole rings is 1. The van der Waals surface area contributed by atoms with Crippen LogP contribution in [0.2, 0.25) is 5.02 Å². The van der Waals surface area contributed by atoms with E-state index in [2.05, 4.69) is 20.4 Å². The molecule has 0 radical (unpaired) electrons. The quantitative estimate of drug-likeness (QED) is 0.390. The molecule has 0 aliphatic carbocycles. The number of benzene rings is 2. The zero-order chi connectivity index (χ0) is 24.2. The smallest absolute Gasteiger partial charge is 0.289 e. The van der Waals surface area contributed by atoms with Gasteiger partial charge in [0.15, 0.2) is 11.6 Å². The lowest BCUT2D eigenvalue weighted by Gasteiger charge is -2.38. The van der Waals surface area contributed by atoms with Gasteiger partial charge in [0.1, 0.15) is 5.75 Å². The maximum Gasteiger partial charge on any atom is 0.289 e. The SMILES string of the molecule is COc1ccc(Cn2nnnc2C(c2ccc(Cl)cc2)N2CCN(C(=O)c3ccco3)CC2)cc1. The molecule has 10 heteroatoms. The molecule has 2 aromatic carbocycles. The highest BCUT2D eigenvalue weighted by Crippen LogP contribution is 2.29. The van der Waals surface area contributed by atoms with E-state index in [4.69, 9.17) is 20.8 Å². The highest BCUT2D eigenvalue weighted by Gasteiger charge is 2.32. The molecule has 0 bridgehead atoms. The van der Waals surface area contributed by atoms with Crippen molar-refractivity contribution >= 4 is 17.5 Å². The fraction of sp³-hybridized carbons (Fsp3) is 0.280. The number of rotatable bonds is 7. The summed E-state index contributed by atoms with van der Waals surface area (Å²) in [6.07, 6.45) is 1.52. The van der Waals surface area contributed by atoms with E-state index in [0.29, 0.717) is 43.5 Å². The van der Waals surface area contributed by atoms with Gasteiger partial charge in [-0.3, -0.25) is 9.69 Å². The minimum Gasteiger partial charge on any atom is -0.497 e. The van der Waals surface area contributed by atoms with Crippen molar-refractivity contribution in [1.29, 1.82) is 0 Å². The largest absolute Gasteiger partial charge is 0.497 e. The summed E-state index contributed by atoms with van der Waals surface area (Å²) >= 11 is 6.17. The van der Waals surface area contributed by atoms with E-state index >= 15 is 0 Å². The van der Waals surface area contributed by atoms with Gasteiger partial charge in [-0.25, -0.2) is 4.68 Å². The lowest BCUT2D eigenvalue weighted by Crippen LogP contribution is -2.50. The van der Waals surface area contributed by atoms with Crippen molar-refractivity contribution in [1.82, 2.24) is 30.0 Å².